The average Bonchev–Trinajstić information content (AvgIpc) is 2.02. The number of ether oxygens (including phenoxy) is 1. The third kappa shape index (κ3) is 3.00. The van der Waals surface area contributed by atoms with Crippen molar-refractivity contribution in [3.63, 3.8) is 0 Å². The van der Waals surface area contributed by atoms with Gasteiger partial charge in [-0.15, -0.1) is 0 Å². The van der Waals surface area contributed by atoms with Crippen molar-refractivity contribution in [2.24, 2.45) is 5.14 Å². The number of hydrogen-bond acceptors (Lipinski definition) is 4. The Kier molecular flexibility index (Phi) is 2.84. The summed E-state index contributed by atoms with van der Waals surface area (Å²) in [5.74, 6) is 0.119. The van der Waals surface area contributed by atoms with Gasteiger partial charge in [0.1, 0.15) is 11.5 Å². The molecule has 0 aliphatic rings. The highest BCUT2D eigenvalue weighted by Gasteiger charge is 2.10. The lowest BCUT2D eigenvalue weighted by molar-refractivity contribution is 0.408. The first-order valence-electron chi connectivity index (χ1n) is 3.51. The summed E-state index contributed by atoms with van der Waals surface area (Å²) in [5, 5.41) is 4.87. The summed E-state index contributed by atoms with van der Waals surface area (Å²) in [6.45, 7) is 0. The van der Waals surface area contributed by atoms with E-state index < -0.39 is 10.0 Å². The smallest absolute Gasteiger partial charge is 0.214 e. The second-order valence-corrected chi connectivity index (χ2v) is 4.07. The molecule has 0 saturated heterocycles. The molecule has 0 amide bonds. The van der Waals surface area contributed by atoms with Gasteiger partial charge >= 0.3 is 0 Å². The van der Waals surface area contributed by atoms with Crippen molar-refractivity contribution in [2.45, 2.75) is 5.75 Å². The summed E-state index contributed by atoms with van der Waals surface area (Å²) in [7, 11) is -2.10. The van der Waals surface area contributed by atoms with E-state index in [-0.39, 0.29) is 5.75 Å². The van der Waals surface area contributed by atoms with Gasteiger partial charge in [0.25, 0.3) is 0 Å². The second-order valence-electron chi connectivity index (χ2n) is 2.46. The molecular formula is C7H10N2O3S. The van der Waals surface area contributed by atoms with Crippen LogP contribution < -0.4 is 9.88 Å². The lowest BCUT2D eigenvalue weighted by atomic mass is 10.3. The van der Waals surface area contributed by atoms with Gasteiger partial charge in [-0.3, -0.25) is 4.98 Å². The summed E-state index contributed by atoms with van der Waals surface area (Å²) in [6.07, 6.45) is 1.49. The van der Waals surface area contributed by atoms with Crippen LogP contribution in [0.5, 0.6) is 5.75 Å². The van der Waals surface area contributed by atoms with Crippen LogP contribution in [0.3, 0.4) is 0 Å². The molecule has 13 heavy (non-hydrogen) atoms. The molecule has 0 fully saturated rings. The Labute approximate surface area is 76.6 Å². The molecule has 0 aliphatic carbocycles. The minimum Gasteiger partial charge on any atom is -0.495 e. The van der Waals surface area contributed by atoms with Crippen molar-refractivity contribution in [3.05, 3.63) is 24.0 Å². The van der Waals surface area contributed by atoms with Crippen LogP contribution in [0.2, 0.25) is 0 Å². The molecule has 0 atom stereocenters. The van der Waals surface area contributed by atoms with Crippen LogP contribution in [0.25, 0.3) is 0 Å². The number of aromatic nitrogens is 1. The fourth-order valence-electron chi connectivity index (χ4n) is 0.908. The zero-order valence-corrected chi connectivity index (χ0v) is 7.91. The van der Waals surface area contributed by atoms with Crippen molar-refractivity contribution >= 4 is 10.0 Å². The number of primary sulfonamides is 1. The highest BCUT2D eigenvalue weighted by molar-refractivity contribution is 7.88. The average molecular weight is 202 g/mol. The summed E-state index contributed by atoms with van der Waals surface area (Å²) < 4.78 is 26.4. The zero-order chi connectivity index (χ0) is 9.90. The lowest BCUT2D eigenvalue weighted by Crippen LogP contribution is -2.15. The Hall–Kier alpha value is -1.14. The number of sulfonamides is 1. The van der Waals surface area contributed by atoms with E-state index in [1.807, 2.05) is 0 Å². The van der Waals surface area contributed by atoms with Crippen LogP contribution in [0, 0.1) is 0 Å². The van der Waals surface area contributed by atoms with Crippen LogP contribution in [0.15, 0.2) is 18.3 Å². The van der Waals surface area contributed by atoms with Crippen molar-refractivity contribution in [1.82, 2.24) is 4.98 Å². The zero-order valence-electron chi connectivity index (χ0n) is 7.10. The van der Waals surface area contributed by atoms with Gasteiger partial charge in [0.15, 0.2) is 0 Å². The predicted molar refractivity (Wildman–Crippen MR) is 47.6 cm³/mol. The van der Waals surface area contributed by atoms with Gasteiger partial charge in [0, 0.05) is 6.20 Å². The molecular weight excluding hydrogens is 192 g/mol. The Morgan fingerprint density at radius 3 is 2.85 bits per heavy atom. The molecule has 0 spiro atoms. The van der Waals surface area contributed by atoms with Crippen molar-refractivity contribution < 1.29 is 13.2 Å². The van der Waals surface area contributed by atoms with Crippen LogP contribution in [-0.2, 0) is 15.8 Å². The van der Waals surface area contributed by atoms with Gasteiger partial charge in [0.2, 0.25) is 10.0 Å². The normalized spacial score (nSPS) is 11.2. The predicted octanol–water partition coefficient (Wildman–Crippen LogP) is -0.121. The van der Waals surface area contributed by atoms with Gasteiger partial charge in [-0.1, -0.05) is 0 Å². The number of nitrogens with two attached hydrogens (primary N) is 1. The maximum Gasteiger partial charge on any atom is 0.214 e. The van der Waals surface area contributed by atoms with E-state index in [1.54, 1.807) is 12.1 Å². The Morgan fingerprint density at radius 1 is 1.62 bits per heavy atom. The SMILES string of the molecule is COc1cccnc1CS(N)(=O)=O. The van der Waals surface area contributed by atoms with Crippen molar-refractivity contribution in [1.29, 1.82) is 0 Å². The fourth-order valence-corrected chi connectivity index (χ4v) is 1.51. The minimum atomic E-state index is -3.55. The minimum absolute atomic E-state index is 0.309. The third-order valence-electron chi connectivity index (χ3n) is 1.41. The van der Waals surface area contributed by atoms with Crippen LogP contribution in [0.4, 0.5) is 0 Å². The lowest BCUT2D eigenvalue weighted by Gasteiger charge is -2.04. The summed E-state index contributed by atoms with van der Waals surface area (Å²) >= 11 is 0. The number of methoxy groups -OCH3 is 1. The molecule has 0 aliphatic heterocycles. The Bertz CT molecular complexity index is 388. The van der Waals surface area contributed by atoms with E-state index in [1.165, 1.54) is 13.3 Å². The maximum atomic E-state index is 10.8. The number of rotatable bonds is 3. The summed E-state index contributed by atoms with van der Waals surface area (Å²) in [5.41, 5.74) is 0.326. The van der Waals surface area contributed by atoms with E-state index in [0.717, 1.165) is 0 Å². The van der Waals surface area contributed by atoms with E-state index in [0.29, 0.717) is 11.4 Å². The molecule has 2 N–H and O–H groups in total. The highest BCUT2D eigenvalue weighted by atomic mass is 32.2. The first kappa shape index (κ1) is 9.94. The van der Waals surface area contributed by atoms with Gasteiger partial charge < -0.3 is 4.74 Å². The molecule has 72 valence electrons. The quantitative estimate of drug-likeness (QED) is 0.740. The van der Waals surface area contributed by atoms with E-state index in [4.69, 9.17) is 9.88 Å². The summed E-state index contributed by atoms with van der Waals surface area (Å²) in [4.78, 5) is 3.85. The fraction of sp³-hybridized carbons (Fsp3) is 0.286. The monoisotopic (exact) mass is 202 g/mol. The Morgan fingerprint density at radius 2 is 2.31 bits per heavy atom. The van der Waals surface area contributed by atoms with Gasteiger partial charge in [0.05, 0.1) is 12.8 Å². The standard InChI is InChI=1S/C7H10N2O3S/c1-12-7-3-2-4-9-6(7)5-13(8,10)11/h2-4H,5H2,1H3,(H2,8,10,11). The topological polar surface area (TPSA) is 82.3 Å². The first-order chi connectivity index (χ1) is 6.03. The Balaban J connectivity index is 3.01. The van der Waals surface area contributed by atoms with Gasteiger partial charge in [-0.05, 0) is 12.1 Å². The first-order valence-corrected chi connectivity index (χ1v) is 5.23. The van der Waals surface area contributed by atoms with Gasteiger partial charge in [-0.25, -0.2) is 13.6 Å². The highest BCUT2D eigenvalue weighted by Crippen LogP contribution is 2.15. The molecule has 0 unspecified atom stereocenters. The van der Waals surface area contributed by atoms with E-state index >= 15 is 0 Å². The summed E-state index contributed by atoms with van der Waals surface area (Å²) in [6, 6.07) is 3.29. The van der Waals surface area contributed by atoms with Crippen LogP contribution >= 0.6 is 0 Å². The van der Waals surface area contributed by atoms with E-state index in [9.17, 15) is 8.42 Å². The molecule has 0 saturated carbocycles. The number of nitrogens with zero attached hydrogens (tertiary/aromatic N) is 1. The molecule has 6 heteroatoms. The number of pyridine rings is 1. The molecule has 5 nitrogen and oxygen atoms in total. The molecule has 1 aromatic heterocycles. The third-order valence-corrected chi connectivity index (χ3v) is 2.08. The molecule has 1 aromatic rings. The van der Waals surface area contributed by atoms with Gasteiger partial charge in [-0.2, -0.15) is 0 Å². The maximum absolute atomic E-state index is 10.8. The van der Waals surface area contributed by atoms with Crippen LogP contribution in [0.1, 0.15) is 5.69 Å². The van der Waals surface area contributed by atoms with Crippen molar-refractivity contribution in [3.8, 4) is 5.75 Å². The number of hydrogen-bond donors (Lipinski definition) is 1. The second kappa shape index (κ2) is 3.71. The van der Waals surface area contributed by atoms with E-state index in [2.05, 4.69) is 4.98 Å². The molecule has 1 heterocycles. The molecule has 0 aromatic carbocycles. The van der Waals surface area contributed by atoms with Crippen LogP contribution in [-0.4, -0.2) is 20.5 Å². The largest absolute Gasteiger partial charge is 0.495 e. The van der Waals surface area contributed by atoms with Crippen molar-refractivity contribution in [2.75, 3.05) is 7.11 Å². The molecule has 0 bridgehead atoms. The molecule has 1 rings (SSSR count). The molecule has 0 radical (unpaired) electrons.